The fourth-order valence-electron chi connectivity index (χ4n) is 3.75. The number of rotatable bonds is 7. The normalized spacial score (nSPS) is 17.5. The van der Waals surface area contributed by atoms with E-state index in [1.165, 1.54) is 55.2 Å². The Hall–Kier alpha value is -2.13. The van der Waals surface area contributed by atoms with E-state index in [0.29, 0.717) is 18.2 Å². The largest absolute Gasteiger partial charge is 0.357 e. The summed E-state index contributed by atoms with van der Waals surface area (Å²) < 4.78 is 0.787. The van der Waals surface area contributed by atoms with Gasteiger partial charge in [-0.15, -0.1) is 10.2 Å². The molecule has 0 spiro atoms. The number of nitrogens with one attached hydrogen (secondary N) is 2. The molecule has 4 rings (SSSR count). The third kappa shape index (κ3) is 5.48. The van der Waals surface area contributed by atoms with E-state index in [0.717, 1.165) is 28.1 Å². The summed E-state index contributed by atoms with van der Waals surface area (Å²) in [6.07, 6.45) is 7.70. The summed E-state index contributed by atoms with van der Waals surface area (Å²) in [6.45, 7) is 0.736. The quantitative estimate of drug-likeness (QED) is 0.641. The molecule has 1 aromatic heterocycles. The molecule has 0 unspecified atom stereocenters. The van der Waals surface area contributed by atoms with Gasteiger partial charge < -0.3 is 15.5 Å². The molecule has 2 fully saturated rings. The van der Waals surface area contributed by atoms with Gasteiger partial charge in [0.1, 0.15) is 0 Å². The van der Waals surface area contributed by atoms with Crippen LogP contribution in [0.5, 0.6) is 0 Å². The molecule has 7 nitrogen and oxygen atoms in total. The fraction of sp³-hybridized carbons (Fsp3) is 0.500. The number of hydrogen-bond acceptors (Lipinski definition) is 7. The zero-order valence-electron chi connectivity index (χ0n) is 16.2. The summed E-state index contributed by atoms with van der Waals surface area (Å²) in [5, 5.41) is 15.6. The van der Waals surface area contributed by atoms with Crippen molar-refractivity contribution in [1.29, 1.82) is 0 Å². The summed E-state index contributed by atoms with van der Waals surface area (Å²) in [5.41, 5.74) is 1.53. The van der Waals surface area contributed by atoms with Crippen LogP contribution in [-0.2, 0) is 9.59 Å². The molecule has 1 aliphatic carbocycles. The monoisotopic (exact) mass is 431 g/mol. The molecule has 29 heavy (non-hydrogen) atoms. The summed E-state index contributed by atoms with van der Waals surface area (Å²) in [4.78, 5) is 26.0. The zero-order chi connectivity index (χ0) is 20.1. The molecule has 1 saturated heterocycles. The maximum Gasteiger partial charge on any atom is 0.234 e. The summed E-state index contributed by atoms with van der Waals surface area (Å²) in [6, 6.07) is 7.94. The van der Waals surface area contributed by atoms with Crippen molar-refractivity contribution in [2.75, 3.05) is 27.8 Å². The third-order valence-electron chi connectivity index (χ3n) is 5.18. The average molecular weight is 432 g/mol. The Kier molecular flexibility index (Phi) is 6.66. The second-order valence-corrected chi connectivity index (χ2v) is 9.59. The predicted octanol–water partition coefficient (Wildman–Crippen LogP) is 4.14. The molecule has 2 N–H and O–H groups in total. The minimum Gasteiger partial charge on any atom is -0.357 e. The molecule has 154 valence electrons. The second kappa shape index (κ2) is 9.58. The van der Waals surface area contributed by atoms with Crippen LogP contribution in [-0.4, -0.2) is 40.4 Å². The van der Waals surface area contributed by atoms with Crippen LogP contribution >= 0.6 is 23.1 Å². The van der Waals surface area contributed by atoms with Crippen molar-refractivity contribution in [1.82, 2.24) is 10.2 Å². The lowest BCUT2D eigenvalue weighted by Gasteiger charge is -2.21. The number of amides is 2. The van der Waals surface area contributed by atoms with Crippen molar-refractivity contribution in [2.45, 2.75) is 55.3 Å². The molecule has 1 aliphatic heterocycles. The van der Waals surface area contributed by atoms with Gasteiger partial charge in [0.05, 0.1) is 5.75 Å². The third-order valence-corrected chi connectivity index (χ3v) is 7.17. The standard InChI is InChI=1S/C20H25N5O2S2/c26-17(21-15-8-4-9-16(12-15)25-11-5-10-18(25)27)13-28-20-24-23-19(29-20)22-14-6-2-1-3-7-14/h4,8-9,12,14H,1-3,5-7,10-11,13H2,(H,21,26)(H,22,23). The van der Waals surface area contributed by atoms with E-state index in [1.54, 1.807) is 4.90 Å². The van der Waals surface area contributed by atoms with Crippen LogP contribution in [0.25, 0.3) is 0 Å². The van der Waals surface area contributed by atoms with Gasteiger partial charge in [0.15, 0.2) is 4.34 Å². The van der Waals surface area contributed by atoms with Gasteiger partial charge in [-0.1, -0.05) is 48.4 Å². The van der Waals surface area contributed by atoms with Gasteiger partial charge in [-0.25, -0.2) is 0 Å². The first-order valence-electron chi connectivity index (χ1n) is 10.1. The Morgan fingerprint density at radius 3 is 2.86 bits per heavy atom. The smallest absolute Gasteiger partial charge is 0.234 e. The van der Waals surface area contributed by atoms with Crippen LogP contribution in [0.15, 0.2) is 28.6 Å². The van der Waals surface area contributed by atoms with Crippen LogP contribution in [0.4, 0.5) is 16.5 Å². The van der Waals surface area contributed by atoms with Crippen molar-refractivity contribution < 1.29 is 9.59 Å². The number of carbonyl (C=O) groups is 2. The zero-order valence-corrected chi connectivity index (χ0v) is 17.9. The van der Waals surface area contributed by atoms with Gasteiger partial charge in [0.2, 0.25) is 16.9 Å². The first kappa shape index (κ1) is 20.2. The van der Waals surface area contributed by atoms with Crippen molar-refractivity contribution in [2.24, 2.45) is 0 Å². The molecular weight excluding hydrogens is 406 g/mol. The summed E-state index contributed by atoms with van der Waals surface area (Å²) >= 11 is 2.89. The molecule has 2 aromatic rings. The van der Waals surface area contributed by atoms with Crippen LogP contribution < -0.4 is 15.5 Å². The number of anilines is 3. The number of carbonyl (C=O) groups excluding carboxylic acids is 2. The molecule has 2 aliphatic rings. The molecular formula is C20H25N5O2S2. The van der Waals surface area contributed by atoms with Crippen LogP contribution in [0.2, 0.25) is 0 Å². The van der Waals surface area contributed by atoms with Crippen LogP contribution in [0.3, 0.4) is 0 Å². The number of thioether (sulfide) groups is 1. The maximum atomic E-state index is 12.3. The van der Waals surface area contributed by atoms with Crippen LogP contribution in [0, 0.1) is 0 Å². The highest BCUT2D eigenvalue weighted by Gasteiger charge is 2.22. The Balaban J connectivity index is 1.26. The highest BCUT2D eigenvalue weighted by atomic mass is 32.2. The second-order valence-electron chi connectivity index (χ2n) is 7.39. The minimum atomic E-state index is -0.100. The lowest BCUT2D eigenvalue weighted by Crippen LogP contribution is -2.23. The first-order chi connectivity index (χ1) is 14.2. The lowest BCUT2D eigenvalue weighted by atomic mass is 9.96. The molecule has 2 amide bonds. The molecule has 1 saturated carbocycles. The van der Waals surface area contributed by atoms with Crippen molar-refractivity contribution >= 4 is 51.4 Å². The summed E-state index contributed by atoms with van der Waals surface area (Å²) in [5.74, 6) is 0.306. The SMILES string of the molecule is O=C(CSc1nnc(NC2CCCCC2)s1)Nc1cccc(N2CCCC2=O)c1. The molecule has 0 atom stereocenters. The van der Waals surface area contributed by atoms with E-state index in [9.17, 15) is 9.59 Å². The predicted molar refractivity (Wildman–Crippen MR) is 118 cm³/mol. The van der Waals surface area contributed by atoms with E-state index >= 15 is 0 Å². The lowest BCUT2D eigenvalue weighted by molar-refractivity contribution is -0.117. The highest BCUT2D eigenvalue weighted by Crippen LogP contribution is 2.29. The molecule has 1 aromatic carbocycles. The van der Waals surface area contributed by atoms with E-state index in [1.807, 2.05) is 24.3 Å². The van der Waals surface area contributed by atoms with Gasteiger partial charge in [0, 0.05) is 30.4 Å². The Morgan fingerprint density at radius 2 is 2.07 bits per heavy atom. The Labute approximate surface area is 178 Å². The topological polar surface area (TPSA) is 87.2 Å². The first-order valence-corrected chi connectivity index (χ1v) is 11.9. The number of nitrogens with zero attached hydrogens (tertiary/aromatic N) is 3. The van der Waals surface area contributed by atoms with Gasteiger partial charge in [-0.2, -0.15) is 0 Å². The number of hydrogen-bond donors (Lipinski definition) is 2. The average Bonchev–Trinajstić information content (AvgIpc) is 3.36. The van der Waals surface area contributed by atoms with E-state index in [2.05, 4.69) is 20.8 Å². The molecule has 2 heterocycles. The Bertz CT molecular complexity index is 866. The van der Waals surface area contributed by atoms with Crippen molar-refractivity contribution in [3.05, 3.63) is 24.3 Å². The Morgan fingerprint density at radius 1 is 1.21 bits per heavy atom. The molecule has 0 radical (unpaired) electrons. The van der Waals surface area contributed by atoms with E-state index in [-0.39, 0.29) is 17.6 Å². The number of benzene rings is 1. The van der Waals surface area contributed by atoms with Gasteiger partial charge in [-0.05, 0) is 37.5 Å². The fourth-order valence-corrected chi connectivity index (χ4v) is 5.37. The summed E-state index contributed by atoms with van der Waals surface area (Å²) in [7, 11) is 0. The van der Waals surface area contributed by atoms with Gasteiger partial charge >= 0.3 is 0 Å². The van der Waals surface area contributed by atoms with Crippen molar-refractivity contribution in [3.63, 3.8) is 0 Å². The van der Waals surface area contributed by atoms with E-state index in [4.69, 9.17) is 0 Å². The number of aromatic nitrogens is 2. The van der Waals surface area contributed by atoms with Crippen LogP contribution in [0.1, 0.15) is 44.9 Å². The van der Waals surface area contributed by atoms with Gasteiger partial charge in [-0.3, -0.25) is 9.59 Å². The van der Waals surface area contributed by atoms with Gasteiger partial charge in [0.25, 0.3) is 0 Å². The van der Waals surface area contributed by atoms with E-state index < -0.39 is 0 Å². The molecule has 9 heteroatoms. The minimum absolute atomic E-state index is 0.100. The van der Waals surface area contributed by atoms with Crippen molar-refractivity contribution in [3.8, 4) is 0 Å². The molecule has 0 bridgehead atoms. The maximum absolute atomic E-state index is 12.3. The highest BCUT2D eigenvalue weighted by molar-refractivity contribution is 8.01.